The molecule has 4 aromatic rings. The molecular weight excluding hydrogens is 611 g/mol. The van der Waals surface area contributed by atoms with E-state index in [1.807, 2.05) is 65.0 Å². The number of amides is 1. The van der Waals surface area contributed by atoms with Crippen molar-refractivity contribution < 1.29 is 32.5 Å². The van der Waals surface area contributed by atoms with Crippen LogP contribution in [0.4, 0.5) is 23.9 Å². The van der Waals surface area contributed by atoms with E-state index in [1.54, 1.807) is 29.4 Å². The Bertz CT molecular complexity index is 1740. The lowest BCUT2D eigenvalue weighted by Gasteiger charge is -2.34. The van der Waals surface area contributed by atoms with Gasteiger partial charge in [0.15, 0.2) is 0 Å². The van der Waals surface area contributed by atoms with Crippen LogP contribution in [0.5, 0.6) is 11.6 Å². The van der Waals surface area contributed by atoms with E-state index in [1.165, 1.54) is 0 Å². The Morgan fingerprint density at radius 1 is 1.04 bits per heavy atom. The molecule has 0 saturated carbocycles. The molecule has 2 aromatic heterocycles. The number of anilines is 1. The number of hydrogen-bond acceptors (Lipinski definition) is 8. The summed E-state index contributed by atoms with van der Waals surface area (Å²) >= 11 is 0. The number of carbonyl (C=O) groups excluding carboxylic acids is 1. The zero-order valence-electron chi connectivity index (χ0n) is 27.2. The second-order valence-electron chi connectivity index (χ2n) is 12.9. The average Bonchev–Trinajstić information content (AvgIpc) is 3.01. The minimum Gasteiger partial charge on any atom is -0.444 e. The molecule has 2 N–H and O–H groups in total. The maximum absolute atomic E-state index is 13.0. The zero-order chi connectivity index (χ0) is 33.9. The lowest BCUT2D eigenvalue weighted by atomic mass is 9.93. The highest BCUT2D eigenvalue weighted by atomic mass is 19.4. The molecule has 0 radical (unpaired) electrons. The smallest absolute Gasteiger partial charge is 0.414 e. The number of benzene rings is 2. The maximum atomic E-state index is 13.0. The van der Waals surface area contributed by atoms with Gasteiger partial charge in [0.2, 0.25) is 11.8 Å². The Kier molecular flexibility index (Phi) is 9.90. The van der Waals surface area contributed by atoms with Gasteiger partial charge in [-0.25, -0.2) is 19.7 Å². The highest BCUT2D eigenvalue weighted by molar-refractivity contribution is 5.93. The van der Waals surface area contributed by atoms with Crippen LogP contribution < -0.4 is 10.1 Å². The van der Waals surface area contributed by atoms with E-state index in [-0.39, 0.29) is 18.6 Å². The number of aryl methyl sites for hydroxylation is 3. The van der Waals surface area contributed by atoms with Crippen molar-refractivity contribution in [1.82, 2.24) is 19.9 Å². The van der Waals surface area contributed by atoms with Gasteiger partial charge in [0, 0.05) is 36.9 Å². The molecule has 0 aliphatic carbocycles. The fourth-order valence-electron chi connectivity index (χ4n) is 5.68. The number of alkyl halides is 3. The zero-order valence-corrected chi connectivity index (χ0v) is 27.2. The molecule has 0 unspecified atom stereocenters. The van der Waals surface area contributed by atoms with Gasteiger partial charge in [-0.1, -0.05) is 24.3 Å². The predicted octanol–water partition coefficient (Wildman–Crippen LogP) is 7.77. The Labute approximate surface area is 272 Å². The van der Waals surface area contributed by atoms with Crippen LogP contribution in [0.1, 0.15) is 56.7 Å². The summed E-state index contributed by atoms with van der Waals surface area (Å²) < 4.78 is 51.1. The first-order valence-corrected chi connectivity index (χ1v) is 15.7. The number of nitrogens with one attached hydrogen (secondary N) is 1. The lowest BCUT2D eigenvalue weighted by Crippen LogP contribution is -2.47. The number of aromatic nitrogens is 3. The molecule has 1 fully saturated rings. The number of aliphatic hydroxyl groups is 1. The monoisotopic (exact) mass is 651 g/mol. The summed E-state index contributed by atoms with van der Waals surface area (Å²) in [6.45, 7) is 10.3. The van der Waals surface area contributed by atoms with Crippen LogP contribution >= 0.6 is 0 Å². The number of carbonyl (C=O) groups is 1. The van der Waals surface area contributed by atoms with Crippen molar-refractivity contribution >= 4 is 22.8 Å². The first-order chi connectivity index (χ1) is 22.2. The number of likely N-dealkylation sites (tertiary alicyclic amines) is 1. The van der Waals surface area contributed by atoms with Crippen molar-refractivity contribution in [3.63, 3.8) is 0 Å². The van der Waals surface area contributed by atoms with Crippen LogP contribution in [0.2, 0.25) is 0 Å². The highest BCUT2D eigenvalue weighted by Crippen LogP contribution is 2.39. The first kappa shape index (κ1) is 33.9. The number of pyridine rings is 1. The molecule has 0 spiro atoms. The molecular formula is C35H40F3N5O4. The fraction of sp³-hybridized carbons (Fsp3) is 0.429. The van der Waals surface area contributed by atoms with Gasteiger partial charge in [-0.3, -0.25) is 0 Å². The van der Waals surface area contributed by atoms with Gasteiger partial charge < -0.3 is 24.8 Å². The number of aliphatic hydroxyl groups excluding tert-OH is 1. The van der Waals surface area contributed by atoms with E-state index in [2.05, 4.69) is 15.3 Å². The van der Waals surface area contributed by atoms with E-state index in [4.69, 9.17) is 14.5 Å². The first-order valence-electron chi connectivity index (χ1n) is 15.7. The van der Waals surface area contributed by atoms with Gasteiger partial charge in [0.1, 0.15) is 17.5 Å². The number of nitrogens with zero attached hydrogens (tertiary/aromatic N) is 4. The van der Waals surface area contributed by atoms with Crippen LogP contribution in [-0.4, -0.2) is 68.1 Å². The van der Waals surface area contributed by atoms with Crippen molar-refractivity contribution in [2.75, 3.05) is 18.4 Å². The van der Waals surface area contributed by atoms with Crippen LogP contribution in [-0.2, 0) is 11.2 Å². The fourth-order valence-corrected chi connectivity index (χ4v) is 5.68. The van der Waals surface area contributed by atoms with Gasteiger partial charge in [0.25, 0.3) is 0 Å². The van der Waals surface area contributed by atoms with Crippen LogP contribution in [0.3, 0.4) is 0 Å². The third-order valence-corrected chi connectivity index (χ3v) is 8.05. The summed E-state index contributed by atoms with van der Waals surface area (Å²) in [6.07, 6.45) is -2.91. The summed E-state index contributed by atoms with van der Waals surface area (Å²) in [7, 11) is 0. The summed E-state index contributed by atoms with van der Waals surface area (Å²) in [5, 5.41) is 14.5. The predicted molar refractivity (Wildman–Crippen MR) is 174 cm³/mol. The number of ether oxygens (including phenoxy) is 2. The second-order valence-corrected chi connectivity index (χ2v) is 12.9. The standard InChI is InChI=1S/C35H40F3N5O4/c1-21-10-13-26-25(24(21)14-15-29(44)35(36,37)38)12-11-22(2)30(26)46-31-27(9-6-17-39-31)28-16-18-40-32(42-28)41-23-8-7-19-43(20-23)33(45)47-34(3,4)5/h6,9-13,16-18,23,29,44H,7-8,14-15,19-20H2,1-5H3,(H,40,41,42)/t23-,29-/m0/s1. The molecule has 12 heteroatoms. The Morgan fingerprint density at radius 3 is 2.53 bits per heavy atom. The molecule has 250 valence electrons. The molecule has 1 aliphatic heterocycles. The Balaban J connectivity index is 1.39. The van der Waals surface area contributed by atoms with E-state index >= 15 is 0 Å². The summed E-state index contributed by atoms with van der Waals surface area (Å²) in [4.78, 5) is 28.0. The van der Waals surface area contributed by atoms with Crippen molar-refractivity contribution in [1.29, 1.82) is 0 Å². The molecule has 1 saturated heterocycles. The van der Waals surface area contributed by atoms with Gasteiger partial charge >= 0.3 is 12.3 Å². The van der Waals surface area contributed by atoms with E-state index < -0.39 is 24.3 Å². The topological polar surface area (TPSA) is 110 Å². The third-order valence-electron chi connectivity index (χ3n) is 8.05. The largest absolute Gasteiger partial charge is 0.444 e. The molecule has 47 heavy (non-hydrogen) atoms. The van der Waals surface area contributed by atoms with Crippen LogP contribution in [0, 0.1) is 13.8 Å². The highest BCUT2D eigenvalue weighted by Gasteiger charge is 2.37. The normalized spacial score (nSPS) is 16.2. The van der Waals surface area contributed by atoms with Crippen molar-refractivity contribution in [3.05, 3.63) is 71.5 Å². The number of fused-ring (bicyclic) bond motifs is 1. The molecule has 2 aromatic carbocycles. The SMILES string of the molecule is Cc1ccc2c(Oc3ncccc3-c3ccnc(N[C@H]4CCCN(C(=O)OC(C)(C)C)C4)n3)c(C)ccc2c1CC[C@H](O)C(F)(F)F. The number of halogens is 3. The van der Waals surface area contributed by atoms with Crippen molar-refractivity contribution in [3.8, 4) is 22.9 Å². The van der Waals surface area contributed by atoms with Crippen LogP contribution in [0.15, 0.2) is 54.9 Å². The average molecular weight is 652 g/mol. The Hall–Kier alpha value is -4.45. The maximum Gasteiger partial charge on any atom is 0.414 e. The Morgan fingerprint density at radius 2 is 1.79 bits per heavy atom. The van der Waals surface area contributed by atoms with Gasteiger partial charge in [0.05, 0.1) is 11.3 Å². The van der Waals surface area contributed by atoms with Gasteiger partial charge in [-0.05, 0) is 101 Å². The van der Waals surface area contributed by atoms with Gasteiger partial charge in [-0.2, -0.15) is 13.2 Å². The quantitative estimate of drug-likeness (QED) is 0.199. The van der Waals surface area contributed by atoms with Crippen molar-refractivity contribution in [2.45, 2.75) is 84.2 Å². The van der Waals surface area contributed by atoms with Crippen molar-refractivity contribution in [2.24, 2.45) is 0 Å². The number of piperidine rings is 1. The molecule has 1 amide bonds. The van der Waals surface area contributed by atoms with E-state index in [9.17, 15) is 23.1 Å². The molecule has 0 bridgehead atoms. The lowest BCUT2D eigenvalue weighted by molar-refractivity contribution is -0.205. The molecule has 9 nitrogen and oxygen atoms in total. The second kappa shape index (κ2) is 13.7. The van der Waals surface area contributed by atoms with Gasteiger partial charge in [-0.15, -0.1) is 0 Å². The van der Waals surface area contributed by atoms with E-state index in [0.717, 1.165) is 40.3 Å². The summed E-state index contributed by atoms with van der Waals surface area (Å²) in [5.74, 6) is 1.23. The number of hydrogen-bond donors (Lipinski definition) is 2. The minimum atomic E-state index is -4.67. The summed E-state index contributed by atoms with van der Waals surface area (Å²) in [5.41, 5.74) is 2.97. The molecule has 5 rings (SSSR count). The summed E-state index contributed by atoms with van der Waals surface area (Å²) in [6, 6.07) is 12.8. The minimum absolute atomic E-state index is 0.0500. The third kappa shape index (κ3) is 8.29. The molecule has 1 aliphatic rings. The molecule has 3 heterocycles. The number of rotatable bonds is 8. The molecule has 2 atom stereocenters. The van der Waals surface area contributed by atoms with Crippen LogP contribution in [0.25, 0.3) is 22.0 Å². The van der Waals surface area contributed by atoms with E-state index in [0.29, 0.717) is 41.9 Å².